The van der Waals surface area contributed by atoms with Crippen LogP contribution in [0.1, 0.15) is 34.1 Å². The highest BCUT2D eigenvalue weighted by Crippen LogP contribution is 2.28. The maximum Gasteiger partial charge on any atom is 0.155 e. The van der Waals surface area contributed by atoms with E-state index >= 15 is 0 Å². The molecule has 66 valence electrons. The van der Waals surface area contributed by atoms with Crippen molar-refractivity contribution in [3.63, 3.8) is 0 Å². The van der Waals surface area contributed by atoms with Gasteiger partial charge >= 0.3 is 0 Å². The van der Waals surface area contributed by atoms with Crippen molar-refractivity contribution in [1.29, 1.82) is 0 Å². The lowest BCUT2D eigenvalue weighted by Gasteiger charge is -2.36. The average Bonchev–Trinajstić information content (AvgIpc) is 1.86. The van der Waals surface area contributed by atoms with E-state index in [1.807, 2.05) is 6.92 Å². The molecule has 0 aromatic carbocycles. The maximum atomic E-state index is 5.63. The minimum atomic E-state index is -0.0204. The van der Waals surface area contributed by atoms with E-state index in [-0.39, 0.29) is 11.7 Å². The molecular weight excluding hydrogens is 140 g/mol. The van der Waals surface area contributed by atoms with Gasteiger partial charge in [0.1, 0.15) is 0 Å². The number of hydrogen-bond donors (Lipinski definition) is 0. The molecule has 1 rings (SSSR count). The van der Waals surface area contributed by atoms with Crippen LogP contribution < -0.4 is 0 Å². The Labute approximate surface area is 68.9 Å². The van der Waals surface area contributed by atoms with Gasteiger partial charge in [0, 0.05) is 0 Å². The van der Waals surface area contributed by atoms with E-state index in [0.717, 1.165) is 13.0 Å². The fraction of sp³-hybridized carbons (Fsp3) is 1.00. The van der Waals surface area contributed by atoms with Gasteiger partial charge in [-0.1, -0.05) is 20.8 Å². The minimum Gasteiger partial charge on any atom is -0.353 e. The Hall–Kier alpha value is -0.0800. The highest BCUT2D eigenvalue weighted by atomic mass is 16.7. The molecule has 0 aliphatic carbocycles. The molecule has 2 unspecified atom stereocenters. The molecular formula is C9H18O2. The van der Waals surface area contributed by atoms with Gasteiger partial charge in [0.25, 0.3) is 0 Å². The Morgan fingerprint density at radius 3 is 2.27 bits per heavy atom. The summed E-state index contributed by atoms with van der Waals surface area (Å²) < 4.78 is 10.9. The van der Waals surface area contributed by atoms with Gasteiger partial charge in [-0.3, -0.25) is 0 Å². The summed E-state index contributed by atoms with van der Waals surface area (Å²) in [5.74, 6) is 0. The zero-order chi connectivity index (χ0) is 8.48. The predicted octanol–water partition coefficient (Wildman–Crippen LogP) is 2.18. The number of rotatable bonds is 0. The predicted molar refractivity (Wildman–Crippen MR) is 44.4 cm³/mol. The molecule has 1 saturated heterocycles. The quantitative estimate of drug-likeness (QED) is 0.538. The van der Waals surface area contributed by atoms with Crippen molar-refractivity contribution in [3.8, 4) is 0 Å². The lowest BCUT2D eigenvalue weighted by Crippen LogP contribution is -2.38. The third-order valence-corrected chi connectivity index (χ3v) is 2.05. The third kappa shape index (κ3) is 2.46. The van der Waals surface area contributed by atoms with Gasteiger partial charge in [0.15, 0.2) is 6.29 Å². The molecule has 1 aliphatic heterocycles. The molecule has 0 N–H and O–H groups in total. The second-order valence-corrected chi connectivity index (χ2v) is 4.22. The van der Waals surface area contributed by atoms with E-state index in [1.165, 1.54) is 0 Å². The molecule has 1 fully saturated rings. The summed E-state index contributed by atoms with van der Waals surface area (Å²) in [5.41, 5.74) is 0.248. The van der Waals surface area contributed by atoms with Gasteiger partial charge in [-0.2, -0.15) is 0 Å². The lowest BCUT2D eigenvalue weighted by molar-refractivity contribution is -0.225. The van der Waals surface area contributed by atoms with Crippen LogP contribution in [-0.4, -0.2) is 19.0 Å². The van der Waals surface area contributed by atoms with Crippen molar-refractivity contribution in [2.75, 3.05) is 6.61 Å². The summed E-state index contributed by atoms with van der Waals surface area (Å²) in [4.78, 5) is 0. The van der Waals surface area contributed by atoms with E-state index < -0.39 is 0 Å². The fourth-order valence-corrected chi connectivity index (χ4v) is 1.32. The molecule has 0 radical (unpaired) electrons. The van der Waals surface area contributed by atoms with E-state index in [1.54, 1.807) is 0 Å². The monoisotopic (exact) mass is 158 g/mol. The first-order chi connectivity index (χ1) is 5.00. The summed E-state index contributed by atoms with van der Waals surface area (Å²) in [6.45, 7) is 9.40. The molecule has 1 aliphatic rings. The first kappa shape index (κ1) is 9.01. The number of hydrogen-bond acceptors (Lipinski definition) is 2. The van der Waals surface area contributed by atoms with Gasteiger partial charge in [-0.15, -0.1) is 0 Å². The van der Waals surface area contributed by atoms with Gasteiger partial charge in [-0.25, -0.2) is 0 Å². The summed E-state index contributed by atoms with van der Waals surface area (Å²) >= 11 is 0. The second-order valence-electron chi connectivity index (χ2n) is 4.22. The third-order valence-electron chi connectivity index (χ3n) is 2.05. The van der Waals surface area contributed by atoms with Gasteiger partial charge < -0.3 is 9.47 Å². The molecule has 0 aromatic rings. The van der Waals surface area contributed by atoms with Gasteiger partial charge in [0.05, 0.1) is 12.7 Å². The Kier molecular flexibility index (Phi) is 2.55. The molecule has 0 saturated carbocycles. The summed E-state index contributed by atoms with van der Waals surface area (Å²) in [6, 6.07) is 0. The smallest absolute Gasteiger partial charge is 0.155 e. The van der Waals surface area contributed by atoms with Crippen molar-refractivity contribution in [2.45, 2.75) is 46.5 Å². The van der Waals surface area contributed by atoms with Crippen molar-refractivity contribution < 1.29 is 9.47 Å². The first-order valence-corrected chi connectivity index (χ1v) is 4.27. The van der Waals surface area contributed by atoms with E-state index in [4.69, 9.17) is 9.47 Å². The molecule has 11 heavy (non-hydrogen) atoms. The van der Waals surface area contributed by atoms with Crippen LogP contribution in [0.15, 0.2) is 0 Å². The maximum absolute atomic E-state index is 5.63. The van der Waals surface area contributed by atoms with Crippen LogP contribution >= 0.6 is 0 Å². The van der Waals surface area contributed by atoms with E-state index in [0.29, 0.717) is 6.10 Å². The van der Waals surface area contributed by atoms with Crippen molar-refractivity contribution in [2.24, 2.45) is 5.41 Å². The van der Waals surface area contributed by atoms with Crippen LogP contribution in [0.5, 0.6) is 0 Å². The van der Waals surface area contributed by atoms with Crippen LogP contribution in [0, 0.1) is 5.41 Å². The topological polar surface area (TPSA) is 18.5 Å². The summed E-state index contributed by atoms with van der Waals surface area (Å²) in [7, 11) is 0. The standard InChI is InChI=1S/C9H18O2/c1-7-10-6-5-8(11-7)9(2,3)4/h7-8H,5-6H2,1-4H3. The summed E-state index contributed by atoms with van der Waals surface area (Å²) in [6.07, 6.45) is 1.35. The molecule has 2 atom stereocenters. The Morgan fingerprint density at radius 1 is 1.27 bits per heavy atom. The highest BCUT2D eigenvalue weighted by molar-refractivity contribution is 4.76. The van der Waals surface area contributed by atoms with Crippen LogP contribution in [0.2, 0.25) is 0 Å². The van der Waals surface area contributed by atoms with Crippen LogP contribution in [0.25, 0.3) is 0 Å². The van der Waals surface area contributed by atoms with Crippen LogP contribution in [-0.2, 0) is 9.47 Å². The highest BCUT2D eigenvalue weighted by Gasteiger charge is 2.29. The van der Waals surface area contributed by atoms with Crippen LogP contribution in [0.3, 0.4) is 0 Å². The first-order valence-electron chi connectivity index (χ1n) is 4.27. The SMILES string of the molecule is CC1OCCC(C(C)(C)C)O1. The van der Waals surface area contributed by atoms with Crippen LogP contribution in [0.4, 0.5) is 0 Å². The van der Waals surface area contributed by atoms with Crippen molar-refractivity contribution >= 4 is 0 Å². The van der Waals surface area contributed by atoms with Crippen molar-refractivity contribution in [1.82, 2.24) is 0 Å². The van der Waals surface area contributed by atoms with E-state index in [2.05, 4.69) is 20.8 Å². The Balaban J connectivity index is 2.46. The lowest BCUT2D eigenvalue weighted by atomic mass is 9.87. The largest absolute Gasteiger partial charge is 0.353 e. The Bertz CT molecular complexity index is 126. The molecule has 0 amide bonds. The average molecular weight is 158 g/mol. The normalized spacial score (nSPS) is 33.8. The molecule has 1 heterocycles. The zero-order valence-corrected chi connectivity index (χ0v) is 7.89. The minimum absolute atomic E-state index is 0.0204. The Morgan fingerprint density at radius 2 is 1.91 bits per heavy atom. The fourth-order valence-electron chi connectivity index (χ4n) is 1.32. The second kappa shape index (κ2) is 3.11. The summed E-state index contributed by atoms with van der Waals surface area (Å²) in [5, 5.41) is 0. The van der Waals surface area contributed by atoms with Gasteiger partial charge in [0.2, 0.25) is 0 Å². The molecule has 0 spiro atoms. The molecule has 0 bridgehead atoms. The van der Waals surface area contributed by atoms with Crippen molar-refractivity contribution in [3.05, 3.63) is 0 Å². The van der Waals surface area contributed by atoms with Gasteiger partial charge in [-0.05, 0) is 18.8 Å². The van der Waals surface area contributed by atoms with E-state index in [9.17, 15) is 0 Å². The molecule has 0 aromatic heterocycles. The number of ether oxygens (including phenoxy) is 2. The molecule has 2 nitrogen and oxygen atoms in total. The zero-order valence-electron chi connectivity index (χ0n) is 7.89. The molecule has 2 heteroatoms.